The zero-order chi connectivity index (χ0) is 21.2. The van der Waals surface area contributed by atoms with Gasteiger partial charge in [-0.1, -0.05) is 24.3 Å². The highest BCUT2D eigenvalue weighted by Gasteiger charge is 2.22. The van der Waals surface area contributed by atoms with Gasteiger partial charge in [0, 0.05) is 42.6 Å². The van der Waals surface area contributed by atoms with Gasteiger partial charge in [-0.3, -0.25) is 4.79 Å². The fourth-order valence-corrected chi connectivity index (χ4v) is 4.19. The Balaban J connectivity index is 0.00000245. The van der Waals surface area contributed by atoms with Gasteiger partial charge in [-0.05, 0) is 54.3 Å². The number of hydrogen-bond donors (Lipinski definition) is 1. The van der Waals surface area contributed by atoms with Crippen molar-refractivity contribution in [2.75, 3.05) is 11.4 Å². The van der Waals surface area contributed by atoms with E-state index in [0.29, 0.717) is 18.2 Å². The van der Waals surface area contributed by atoms with E-state index >= 15 is 0 Å². The number of pyridine rings is 1. The molecule has 0 atom stereocenters. The molecule has 3 heterocycles. The summed E-state index contributed by atoms with van der Waals surface area (Å²) < 4.78 is 8.02. The summed E-state index contributed by atoms with van der Waals surface area (Å²) in [7, 11) is 0. The Morgan fingerprint density at radius 2 is 1.97 bits per heavy atom. The zero-order valence-electron chi connectivity index (χ0n) is 17.6. The van der Waals surface area contributed by atoms with Crippen LogP contribution in [0.5, 0.6) is 11.6 Å². The summed E-state index contributed by atoms with van der Waals surface area (Å²) in [5.74, 6) is 1.30. The predicted molar refractivity (Wildman–Crippen MR) is 129 cm³/mol. The molecule has 0 radical (unpaired) electrons. The molecule has 4 aromatic rings. The van der Waals surface area contributed by atoms with Crippen molar-refractivity contribution < 1.29 is 9.53 Å². The maximum absolute atomic E-state index is 13.2. The van der Waals surface area contributed by atoms with Crippen molar-refractivity contribution in [1.29, 1.82) is 0 Å². The van der Waals surface area contributed by atoms with Crippen LogP contribution in [-0.4, -0.2) is 22.0 Å². The van der Waals surface area contributed by atoms with Crippen LogP contribution in [0.3, 0.4) is 0 Å². The highest BCUT2D eigenvalue weighted by Crippen LogP contribution is 2.31. The van der Waals surface area contributed by atoms with E-state index in [1.54, 1.807) is 6.20 Å². The van der Waals surface area contributed by atoms with Crippen molar-refractivity contribution in [3.05, 3.63) is 84.2 Å². The van der Waals surface area contributed by atoms with Crippen molar-refractivity contribution in [1.82, 2.24) is 9.55 Å². The number of nitrogens with two attached hydrogens (primary N) is 1. The lowest BCUT2D eigenvalue weighted by molar-refractivity contribution is -0.119. The van der Waals surface area contributed by atoms with E-state index < -0.39 is 0 Å². The van der Waals surface area contributed by atoms with Gasteiger partial charge in [0.25, 0.3) is 0 Å². The van der Waals surface area contributed by atoms with Crippen LogP contribution in [-0.2, 0) is 24.3 Å². The number of ether oxygens (including phenoxy) is 1. The molecule has 1 aliphatic rings. The van der Waals surface area contributed by atoms with E-state index in [1.807, 2.05) is 70.3 Å². The molecule has 5 rings (SSSR count). The molecular weight excluding hydrogens is 424 g/mol. The number of anilines is 1. The SMILES string of the molecule is Cl.NCc1ccnc(Oc2cccc3c2ccn3CC(=O)N2CCCc3ccccc32)c1. The maximum Gasteiger partial charge on any atom is 0.246 e. The molecule has 0 aliphatic carbocycles. The van der Waals surface area contributed by atoms with Gasteiger partial charge in [-0.2, -0.15) is 0 Å². The van der Waals surface area contributed by atoms with E-state index in [4.69, 9.17) is 10.5 Å². The van der Waals surface area contributed by atoms with E-state index in [-0.39, 0.29) is 24.9 Å². The molecule has 0 saturated heterocycles. The second kappa shape index (κ2) is 9.42. The second-order valence-corrected chi connectivity index (χ2v) is 7.72. The molecule has 164 valence electrons. The molecule has 0 spiro atoms. The van der Waals surface area contributed by atoms with Gasteiger partial charge in [0.15, 0.2) is 0 Å². The Morgan fingerprint density at radius 3 is 2.84 bits per heavy atom. The summed E-state index contributed by atoms with van der Waals surface area (Å²) in [6.07, 6.45) is 5.64. The number of carbonyl (C=O) groups excluding carboxylic acids is 1. The summed E-state index contributed by atoms with van der Waals surface area (Å²) in [6, 6.07) is 19.7. The molecule has 0 saturated carbocycles. The third-order valence-corrected chi connectivity index (χ3v) is 5.74. The minimum absolute atomic E-state index is 0. The van der Waals surface area contributed by atoms with Gasteiger partial charge in [0.1, 0.15) is 12.3 Å². The number of aromatic nitrogens is 2. The Labute approximate surface area is 193 Å². The molecule has 1 aliphatic heterocycles. The highest BCUT2D eigenvalue weighted by molar-refractivity contribution is 5.96. The largest absolute Gasteiger partial charge is 0.438 e. The molecule has 2 aromatic heterocycles. The van der Waals surface area contributed by atoms with Crippen molar-refractivity contribution in [2.24, 2.45) is 5.73 Å². The van der Waals surface area contributed by atoms with Crippen molar-refractivity contribution in [3.63, 3.8) is 0 Å². The minimum Gasteiger partial charge on any atom is -0.438 e. The summed E-state index contributed by atoms with van der Waals surface area (Å²) in [5.41, 5.74) is 9.90. The third kappa shape index (κ3) is 4.20. The molecule has 0 fully saturated rings. The number of halogens is 1. The number of rotatable bonds is 5. The van der Waals surface area contributed by atoms with Gasteiger partial charge in [0.2, 0.25) is 11.8 Å². The first kappa shape index (κ1) is 21.9. The van der Waals surface area contributed by atoms with Crippen LogP contribution >= 0.6 is 12.4 Å². The van der Waals surface area contributed by atoms with Crippen LogP contribution in [0.25, 0.3) is 10.9 Å². The summed E-state index contributed by atoms with van der Waals surface area (Å²) in [5, 5.41) is 0.939. The lowest BCUT2D eigenvalue weighted by atomic mass is 10.0. The molecule has 7 heteroatoms. The van der Waals surface area contributed by atoms with Crippen LogP contribution in [0, 0.1) is 0 Å². The number of fused-ring (bicyclic) bond motifs is 2. The van der Waals surface area contributed by atoms with E-state index in [2.05, 4.69) is 11.1 Å². The fraction of sp³-hybridized carbons (Fsp3) is 0.200. The van der Waals surface area contributed by atoms with Crippen LogP contribution < -0.4 is 15.4 Å². The number of para-hydroxylation sites is 1. The summed E-state index contributed by atoms with van der Waals surface area (Å²) >= 11 is 0. The molecule has 0 bridgehead atoms. The smallest absolute Gasteiger partial charge is 0.246 e. The number of nitrogens with zero attached hydrogens (tertiary/aromatic N) is 3. The monoisotopic (exact) mass is 448 g/mol. The molecule has 32 heavy (non-hydrogen) atoms. The van der Waals surface area contributed by atoms with Crippen molar-refractivity contribution in [3.8, 4) is 11.6 Å². The van der Waals surface area contributed by atoms with Gasteiger partial charge >= 0.3 is 0 Å². The zero-order valence-corrected chi connectivity index (χ0v) is 18.4. The normalized spacial score (nSPS) is 12.8. The van der Waals surface area contributed by atoms with E-state index in [1.165, 1.54) is 5.56 Å². The second-order valence-electron chi connectivity index (χ2n) is 7.72. The van der Waals surface area contributed by atoms with Crippen LogP contribution in [0.1, 0.15) is 17.5 Å². The van der Waals surface area contributed by atoms with Crippen LogP contribution in [0.15, 0.2) is 73.1 Å². The average molecular weight is 449 g/mol. The Kier molecular flexibility index (Phi) is 6.44. The van der Waals surface area contributed by atoms with Crippen LogP contribution in [0.4, 0.5) is 5.69 Å². The van der Waals surface area contributed by atoms with Gasteiger partial charge < -0.3 is 19.9 Å². The molecule has 0 unspecified atom stereocenters. The first-order valence-electron chi connectivity index (χ1n) is 10.5. The first-order valence-corrected chi connectivity index (χ1v) is 10.5. The lowest BCUT2D eigenvalue weighted by Crippen LogP contribution is -2.37. The van der Waals surface area contributed by atoms with E-state index in [0.717, 1.165) is 41.5 Å². The van der Waals surface area contributed by atoms with Crippen molar-refractivity contribution in [2.45, 2.75) is 25.9 Å². The number of carbonyl (C=O) groups is 1. The number of aryl methyl sites for hydroxylation is 1. The number of amides is 1. The number of hydrogen-bond acceptors (Lipinski definition) is 4. The minimum atomic E-state index is 0. The van der Waals surface area contributed by atoms with E-state index in [9.17, 15) is 4.79 Å². The standard InChI is InChI=1S/C25H24N4O2.ClH/c26-16-18-10-12-27-24(15-18)31-23-9-3-8-22-20(23)11-14-28(22)17-25(30)29-13-4-6-19-5-1-2-7-21(19)29;/h1-3,5,7-12,14-15H,4,6,13,16-17,26H2;1H. The van der Waals surface area contributed by atoms with Gasteiger partial charge in [-0.15, -0.1) is 12.4 Å². The molecule has 2 aromatic carbocycles. The topological polar surface area (TPSA) is 73.4 Å². The molecular formula is C25H25ClN4O2. The van der Waals surface area contributed by atoms with Crippen LogP contribution in [0.2, 0.25) is 0 Å². The summed E-state index contributed by atoms with van der Waals surface area (Å²) in [6.45, 7) is 1.47. The van der Waals surface area contributed by atoms with Crippen molar-refractivity contribution >= 4 is 34.9 Å². The highest BCUT2D eigenvalue weighted by atomic mass is 35.5. The van der Waals surface area contributed by atoms with Gasteiger partial charge in [0.05, 0.1) is 5.52 Å². The molecule has 6 nitrogen and oxygen atoms in total. The third-order valence-electron chi connectivity index (χ3n) is 5.74. The maximum atomic E-state index is 13.2. The average Bonchev–Trinajstić information content (AvgIpc) is 3.22. The Bertz CT molecular complexity index is 1250. The Hall–Kier alpha value is -3.35. The summed E-state index contributed by atoms with van der Waals surface area (Å²) in [4.78, 5) is 19.4. The Morgan fingerprint density at radius 1 is 1.09 bits per heavy atom. The quantitative estimate of drug-likeness (QED) is 0.480. The fourth-order valence-electron chi connectivity index (χ4n) is 4.19. The predicted octanol–water partition coefficient (Wildman–Crippen LogP) is 4.69. The molecule has 1 amide bonds. The van der Waals surface area contributed by atoms with Gasteiger partial charge in [-0.25, -0.2) is 4.98 Å². The number of benzene rings is 2. The molecule has 2 N–H and O–H groups in total. The lowest BCUT2D eigenvalue weighted by Gasteiger charge is -2.29. The first-order chi connectivity index (χ1) is 15.2.